The maximum absolute atomic E-state index is 11.9. The van der Waals surface area contributed by atoms with Gasteiger partial charge in [0.05, 0.1) is 6.04 Å². The average Bonchev–Trinajstić information content (AvgIpc) is 2.36. The Balaban J connectivity index is 2.04. The molecule has 0 aliphatic carbocycles. The van der Waals surface area contributed by atoms with E-state index in [1.54, 1.807) is 0 Å². The Labute approximate surface area is 109 Å². The predicted octanol–water partition coefficient (Wildman–Crippen LogP) is 1.86. The Morgan fingerprint density at radius 1 is 1.41 bits per heavy atom. The number of halogens is 2. The topological polar surface area (TPSA) is 66.9 Å². The lowest BCUT2D eigenvalue weighted by Gasteiger charge is -2.22. The van der Waals surface area contributed by atoms with E-state index in [0.717, 1.165) is 25.8 Å². The third-order valence-electron chi connectivity index (χ3n) is 2.62. The fraction of sp³-hybridized carbons (Fsp3) is 0.500. The van der Waals surface area contributed by atoms with Gasteiger partial charge >= 0.3 is 0 Å². The van der Waals surface area contributed by atoms with Crippen molar-refractivity contribution in [2.45, 2.75) is 25.3 Å². The van der Waals surface area contributed by atoms with Crippen LogP contribution >= 0.6 is 23.2 Å². The van der Waals surface area contributed by atoms with Gasteiger partial charge in [0.15, 0.2) is 11.0 Å². The molecule has 0 aromatic carbocycles. The normalized spacial score (nSPS) is 20.0. The monoisotopic (exact) mass is 274 g/mol. The van der Waals surface area contributed by atoms with Crippen molar-refractivity contribution in [3.8, 4) is 0 Å². The van der Waals surface area contributed by atoms with E-state index in [1.165, 1.54) is 6.33 Å². The number of anilines is 1. The summed E-state index contributed by atoms with van der Waals surface area (Å²) in [6, 6.07) is -0.187. The summed E-state index contributed by atoms with van der Waals surface area (Å²) in [5, 5.41) is 6.09. The smallest absolute Gasteiger partial charge is 0.242 e. The standard InChI is InChI=1S/C10H12Cl2N4O/c11-7-8(12)14-5-15-9(7)16-10(17)6-3-1-2-4-13-6/h5-6,13H,1-4H2,(H,14,15,16,17)/t6-/m0/s1. The Bertz CT molecular complexity index is 421. The summed E-state index contributed by atoms with van der Waals surface area (Å²) < 4.78 is 0. The van der Waals surface area contributed by atoms with E-state index in [1.807, 2.05) is 0 Å². The van der Waals surface area contributed by atoms with Crippen molar-refractivity contribution < 1.29 is 4.79 Å². The Morgan fingerprint density at radius 2 is 2.24 bits per heavy atom. The van der Waals surface area contributed by atoms with Gasteiger partial charge in [-0.2, -0.15) is 0 Å². The van der Waals surface area contributed by atoms with Crippen LogP contribution in [0, 0.1) is 0 Å². The van der Waals surface area contributed by atoms with Crippen molar-refractivity contribution >= 4 is 34.9 Å². The van der Waals surface area contributed by atoms with Crippen molar-refractivity contribution in [2.24, 2.45) is 0 Å². The second-order valence-electron chi connectivity index (χ2n) is 3.82. The predicted molar refractivity (Wildman–Crippen MR) is 66.3 cm³/mol. The quantitative estimate of drug-likeness (QED) is 0.808. The number of carbonyl (C=O) groups excluding carboxylic acids is 1. The van der Waals surface area contributed by atoms with Gasteiger partial charge in [-0.1, -0.05) is 29.6 Å². The average molecular weight is 275 g/mol. The van der Waals surface area contributed by atoms with Crippen LogP contribution in [0.15, 0.2) is 6.33 Å². The largest absolute Gasteiger partial charge is 0.308 e. The van der Waals surface area contributed by atoms with E-state index in [-0.39, 0.29) is 27.9 Å². The molecule has 0 spiro atoms. The van der Waals surface area contributed by atoms with Crippen LogP contribution in [-0.4, -0.2) is 28.5 Å². The summed E-state index contributed by atoms with van der Waals surface area (Å²) in [5.41, 5.74) is 0. The van der Waals surface area contributed by atoms with Gasteiger partial charge in [-0.15, -0.1) is 0 Å². The molecule has 0 unspecified atom stereocenters. The molecule has 2 heterocycles. The molecule has 1 aromatic heterocycles. The van der Waals surface area contributed by atoms with Gasteiger partial charge in [-0.05, 0) is 19.4 Å². The first-order valence-corrected chi connectivity index (χ1v) is 6.14. The molecule has 1 aliphatic rings. The highest BCUT2D eigenvalue weighted by Gasteiger charge is 2.21. The fourth-order valence-corrected chi connectivity index (χ4v) is 1.99. The number of carbonyl (C=O) groups is 1. The van der Waals surface area contributed by atoms with E-state index in [9.17, 15) is 4.79 Å². The van der Waals surface area contributed by atoms with Gasteiger partial charge in [0, 0.05) is 0 Å². The first-order valence-electron chi connectivity index (χ1n) is 5.38. The summed E-state index contributed by atoms with van der Waals surface area (Å²) in [6.45, 7) is 0.857. The van der Waals surface area contributed by atoms with Gasteiger partial charge in [-0.3, -0.25) is 4.79 Å². The maximum atomic E-state index is 11.9. The number of hydrogen-bond acceptors (Lipinski definition) is 4. The molecule has 1 saturated heterocycles. The lowest BCUT2D eigenvalue weighted by atomic mass is 10.0. The van der Waals surface area contributed by atoms with Crippen LogP contribution in [0.25, 0.3) is 0 Å². The molecular formula is C10H12Cl2N4O. The van der Waals surface area contributed by atoms with Crippen LogP contribution < -0.4 is 10.6 Å². The molecule has 1 fully saturated rings. The SMILES string of the molecule is O=C(Nc1ncnc(Cl)c1Cl)[C@@H]1CCCCN1. The number of nitrogens with zero attached hydrogens (tertiary/aromatic N) is 2. The van der Waals surface area contributed by atoms with Crippen molar-refractivity contribution in [1.29, 1.82) is 0 Å². The lowest BCUT2D eigenvalue weighted by Crippen LogP contribution is -2.43. The minimum absolute atomic E-state index is 0.133. The fourth-order valence-electron chi connectivity index (χ4n) is 1.71. The van der Waals surface area contributed by atoms with E-state index < -0.39 is 0 Å². The van der Waals surface area contributed by atoms with Crippen LogP contribution in [0.5, 0.6) is 0 Å². The maximum Gasteiger partial charge on any atom is 0.242 e. The Morgan fingerprint density at radius 3 is 2.94 bits per heavy atom. The summed E-state index contributed by atoms with van der Waals surface area (Å²) in [5.74, 6) is 0.116. The van der Waals surface area contributed by atoms with Crippen LogP contribution in [0.2, 0.25) is 10.2 Å². The second kappa shape index (κ2) is 5.62. The van der Waals surface area contributed by atoms with Gasteiger partial charge in [0.1, 0.15) is 11.3 Å². The van der Waals surface area contributed by atoms with Crippen LogP contribution in [0.4, 0.5) is 5.82 Å². The number of amides is 1. The molecule has 1 atom stereocenters. The zero-order valence-electron chi connectivity index (χ0n) is 9.04. The molecule has 0 saturated carbocycles. The van der Waals surface area contributed by atoms with Crippen molar-refractivity contribution in [1.82, 2.24) is 15.3 Å². The number of piperidine rings is 1. The number of nitrogens with one attached hydrogen (secondary N) is 2. The molecule has 92 valence electrons. The van der Waals surface area contributed by atoms with Gasteiger partial charge in [0.25, 0.3) is 0 Å². The molecule has 2 rings (SSSR count). The lowest BCUT2D eigenvalue weighted by molar-refractivity contribution is -0.118. The van der Waals surface area contributed by atoms with Gasteiger partial charge < -0.3 is 10.6 Å². The second-order valence-corrected chi connectivity index (χ2v) is 4.55. The van der Waals surface area contributed by atoms with E-state index in [2.05, 4.69) is 20.6 Å². The molecule has 1 aliphatic heterocycles. The molecule has 7 heteroatoms. The minimum atomic E-state index is -0.187. The minimum Gasteiger partial charge on any atom is -0.308 e. The third-order valence-corrected chi connectivity index (χ3v) is 3.36. The molecule has 5 nitrogen and oxygen atoms in total. The zero-order chi connectivity index (χ0) is 12.3. The number of hydrogen-bond donors (Lipinski definition) is 2. The zero-order valence-corrected chi connectivity index (χ0v) is 10.6. The van der Waals surface area contributed by atoms with Crippen LogP contribution in [0.1, 0.15) is 19.3 Å². The van der Waals surface area contributed by atoms with Crippen molar-refractivity contribution in [3.05, 3.63) is 16.5 Å². The van der Waals surface area contributed by atoms with Crippen molar-refractivity contribution in [3.63, 3.8) is 0 Å². The summed E-state index contributed by atoms with van der Waals surface area (Å²) in [7, 11) is 0. The molecule has 0 radical (unpaired) electrons. The van der Waals surface area contributed by atoms with Gasteiger partial charge in [0.2, 0.25) is 5.91 Å². The van der Waals surface area contributed by atoms with E-state index in [0.29, 0.717) is 0 Å². The summed E-state index contributed by atoms with van der Waals surface area (Å²) in [6.07, 6.45) is 4.23. The van der Waals surface area contributed by atoms with Crippen LogP contribution in [-0.2, 0) is 4.79 Å². The highest BCUT2D eigenvalue weighted by molar-refractivity contribution is 6.42. The van der Waals surface area contributed by atoms with Crippen molar-refractivity contribution in [2.75, 3.05) is 11.9 Å². The van der Waals surface area contributed by atoms with E-state index in [4.69, 9.17) is 23.2 Å². The van der Waals surface area contributed by atoms with Gasteiger partial charge in [-0.25, -0.2) is 9.97 Å². The molecular weight excluding hydrogens is 263 g/mol. The summed E-state index contributed by atoms with van der Waals surface area (Å²) in [4.78, 5) is 19.5. The first kappa shape index (κ1) is 12.5. The third kappa shape index (κ3) is 3.06. The molecule has 2 N–H and O–H groups in total. The van der Waals surface area contributed by atoms with E-state index >= 15 is 0 Å². The number of rotatable bonds is 2. The highest BCUT2D eigenvalue weighted by Crippen LogP contribution is 2.25. The highest BCUT2D eigenvalue weighted by atomic mass is 35.5. The Kier molecular flexibility index (Phi) is 4.15. The van der Waals surface area contributed by atoms with Crippen LogP contribution in [0.3, 0.4) is 0 Å². The molecule has 17 heavy (non-hydrogen) atoms. The molecule has 0 bridgehead atoms. The number of aromatic nitrogens is 2. The molecule has 1 amide bonds. The molecule has 1 aromatic rings. The summed E-state index contributed by atoms with van der Waals surface area (Å²) >= 11 is 11.6. The first-order chi connectivity index (χ1) is 8.18. The Hall–Kier alpha value is -0.910.